The van der Waals surface area contributed by atoms with E-state index in [1.807, 2.05) is 0 Å². The fourth-order valence-electron chi connectivity index (χ4n) is 4.45. The summed E-state index contributed by atoms with van der Waals surface area (Å²) in [6.07, 6.45) is -0.300. The monoisotopic (exact) mass is 585 g/mol. The van der Waals surface area contributed by atoms with Gasteiger partial charge >= 0.3 is 12.4 Å². The van der Waals surface area contributed by atoms with Gasteiger partial charge in [0.15, 0.2) is 5.82 Å². The Balaban J connectivity index is 0.000000271. The first-order chi connectivity index (χ1) is 19.3. The maximum absolute atomic E-state index is 14.6. The Labute approximate surface area is 226 Å². The van der Waals surface area contributed by atoms with E-state index < -0.39 is 40.5 Å². The van der Waals surface area contributed by atoms with Crippen LogP contribution in [0.4, 0.5) is 36.4 Å². The number of aromatic amines is 1. The van der Waals surface area contributed by atoms with Crippen LogP contribution in [0.2, 0.25) is 0 Å². The van der Waals surface area contributed by atoms with E-state index >= 15 is 0 Å². The molecule has 3 N–H and O–H groups in total. The van der Waals surface area contributed by atoms with Crippen LogP contribution in [-0.4, -0.2) is 29.7 Å². The molecule has 1 fully saturated rings. The van der Waals surface area contributed by atoms with Crippen molar-refractivity contribution in [3.8, 4) is 11.4 Å². The van der Waals surface area contributed by atoms with Gasteiger partial charge in [0.25, 0.3) is 11.1 Å². The first kappa shape index (κ1) is 29.6. The zero-order chi connectivity index (χ0) is 29.9. The highest BCUT2D eigenvalue weighted by molar-refractivity contribution is 5.82. The molecular formula is C25H22F7N7O2. The number of fused-ring (bicyclic) bond motifs is 1. The molecule has 0 bridgehead atoms. The Morgan fingerprint density at radius 3 is 2.17 bits per heavy atom. The summed E-state index contributed by atoms with van der Waals surface area (Å²) in [5.41, 5.74) is 0.264. The average molecular weight is 585 g/mol. The number of halogens is 7. The van der Waals surface area contributed by atoms with Crippen molar-refractivity contribution in [1.29, 1.82) is 0 Å². The minimum Gasteiger partial charge on any atom is -0.397 e. The number of hydrogen-bond donors (Lipinski definition) is 2. The van der Waals surface area contributed by atoms with Crippen LogP contribution >= 0.6 is 0 Å². The SMILES string of the molecule is Nc1cn[nH]c(=O)c1C(F)(F)F.O=c1c2cc(F)c(-c3ncc(C(F)(F)F)cn3)cc2ncn1CCC1CCCC1. The molecule has 41 heavy (non-hydrogen) atoms. The summed E-state index contributed by atoms with van der Waals surface area (Å²) >= 11 is 0. The quantitative estimate of drug-likeness (QED) is 0.324. The van der Waals surface area contributed by atoms with Crippen molar-refractivity contribution >= 4 is 16.6 Å². The van der Waals surface area contributed by atoms with E-state index in [4.69, 9.17) is 5.73 Å². The van der Waals surface area contributed by atoms with Gasteiger partial charge in [-0.1, -0.05) is 25.7 Å². The molecule has 0 aliphatic heterocycles. The number of aryl methyl sites for hydroxylation is 1. The van der Waals surface area contributed by atoms with Gasteiger partial charge in [0.1, 0.15) is 11.4 Å². The van der Waals surface area contributed by atoms with Gasteiger partial charge in [-0.05, 0) is 24.5 Å². The van der Waals surface area contributed by atoms with E-state index in [2.05, 4.69) is 20.1 Å². The van der Waals surface area contributed by atoms with Gasteiger partial charge in [-0.15, -0.1) is 0 Å². The molecule has 4 aromatic rings. The molecule has 0 amide bonds. The van der Waals surface area contributed by atoms with Crippen LogP contribution in [0, 0.1) is 11.7 Å². The molecule has 9 nitrogen and oxygen atoms in total. The van der Waals surface area contributed by atoms with E-state index in [0.29, 0.717) is 24.9 Å². The zero-order valence-corrected chi connectivity index (χ0v) is 21.1. The summed E-state index contributed by atoms with van der Waals surface area (Å²) in [5, 5.41) is 4.85. The number of anilines is 1. The maximum Gasteiger partial charge on any atom is 0.423 e. The topological polar surface area (TPSA) is 132 Å². The van der Waals surface area contributed by atoms with Crippen molar-refractivity contribution < 1.29 is 30.7 Å². The molecule has 0 unspecified atom stereocenters. The molecule has 0 radical (unpaired) electrons. The van der Waals surface area contributed by atoms with Crippen LogP contribution in [0.5, 0.6) is 0 Å². The van der Waals surface area contributed by atoms with Gasteiger partial charge in [0.2, 0.25) is 0 Å². The maximum atomic E-state index is 14.6. The number of nitrogens with two attached hydrogens (primary N) is 1. The number of alkyl halides is 6. The van der Waals surface area contributed by atoms with E-state index in [1.165, 1.54) is 42.6 Å². The van der Waals surface area contributed by atoms with E-state index in [0.717, 1.165) is 18.7 Å². The van der Waals surface area contributed by atoms with Gasteiger partial charge in [-0.3, -0.25) is 14.2 Å². The largest absolute Gasteiger partial charge is 0.423 e. The minimum atomic E-state index is -4.74. The lowest BCUT2D eigenvalue weighted by Gasteiger charge is -2.11. The van der Waals surface area contributed by atoms with Gasteiger partial charge in [-0.25, -0.2) is 24.4 Å². The van der Waals surface area contributed by atoms with Crippen molar-refractivity contribution in [2.45, 2.75) is 51.0 Å². The Hall–Kier alpha value is -4.37. The fourth-order valence-corrected chi connectivity index (χ4v) is 4.45. The van der Waals surface area contributed by atoms with Crippen molar-refractivity contribution in [3.63, 3.8) is 0 Å². The number of aromatic nitrogens is 6. The zero-order valence-electron chi connectivity index (χ0n) is 21.1. The number of nitrogens with zero attached hydrogens (tertiary/aromatic N) is 5. The first-order valence-electron chi connectivity index (χ1n) is 12.2. The second-order valence-corrected chi connectivity index (χ2v) is 9.35. The predicted molar refractivity (Wildman–Crippen MR) is 133 cm³/mol. The van der Waals surface area contributed by atoms with Crippen LogP contribution < -0.4 is 16.9 Å². The summed E-state index contributed by atoms with van der Waals surface area (Å²) in [6, 6.07) is 2.34. The molecule has 3 heterocycles. The molecule has 1 saturated carbocycles. The molecule has 5 rings (SSSR count). The number of benzene rings is 1. The summed E-state index contributed by atoms with van der Waals surface area (Å²) in [7, 11) is 0. The molecule has 0 spiro atoms. The van der Waals surface area contributed by atoms with E-state index in [-0.39, 0.29) is 27.9 Å². The molecular weight excluding hydrogens is 563 g/mol. The Morgan fingerprint density at radius 2 is 1.61 bits per heavy atom. The Bertz CT molecular complexity index is 1640. The summed E-state index contributed by atoms with van der Waals surface area (Å²) < 4.78 is 90.0. The number of hydrogen-bond acceptors (Lipinski definition) is 7. The predicted octanol–water partition coefficient (Wildman–Crippen LogP) is 4.96. The first-order valence-corrected chi connectivity index (χ1v) is 12.2. The van der Waals surface area contributed by atoms with Crippen molar-refractivity contribution in [2.75, 3.05) is 5.73 Å². The summed E-state index contributed by atoms with van der Waals surface area (Å²) in [4.78, 5) is 34.7. The lowest BCUT2D eigenvalue weighted by Crippen LogP contribution is -2.24. The van der Waals surface area contributed by atoms with Crippen LogP contribution in [0.1, 0.15) is 43.2 Å². The number of H-pyrrole nitrogens is 1. The van der Waals surface area contributed by atoms with Crippen molar-refractivity contribution in [1.82, 2.24) is 29.7 Å². The number of nitrogens with one attached hydrogen (secondary N) is 1. The van der Waals surface area contributed by atoms with Crippen molar-refractivity contribution in [2.24, 2.45) is 5.92 Å². The van der Waals surface area contributed by atoms with Gasteiger partial charge < -0.3 is 5.73 Å². The Morgan fingerprint density at radius 1 is 0.951 bits per heavy atom. The average Bonchev–Trinajstić information content (AvgIpc) is 3.41. The van der Waals surface area contributed by atoms with E-state index in [9.17, 15) is 40.3 Å². The Kier molecular flexibility index (Phi) is 8.39. The van der Waals surface area contributed by atoms with Gasteiger partial charge in [-0.2, -0.15) is 31.4 Å². The van der Waals surface area contributed by atoms with Crippen LogP contribution in [0.3, 0.4) is 0 Å². The molecule has 16 heteroatoms. The standard InChI is InChI=1S/C20H18F4N4O.C5H4F3N3O/c21-16-7-15-17(8-14(16)18-25-9-13(10-26-18)20(22,23)24)27-11-28(19(15)29)6-5-12-3-1-2-4-12;6-5(7,8)3-2(9)1-10-11-4(3)12/h7-12H,1-6H2;1H,(H3,9,11,12). The van der Waals surface area contributed by atoms with Crippen LogP contribution in [-0.2, 0) is 18.9 Å². The lowest BCUT2D eigenvalue weighted by molar-refractivity contribution is -0.138. The normalized spacial score (nSPS) is 14.2. The summed E-state index contributed by atoms with van der Waals surface area (Å²) in [6.45, 7) is 0.526. The smallest absolute Gasteiger partial charge is 0.397 e. The third kappa shape index (κ3) is 6.86. The van der Waals surface area contributed by atoms with Crippen LogP contribution in [0.15, 0.2) is 46.6 Å². The molecule has 3 aromatic heterocycles. The minimum absolute atomic E-state index is 0.109. The number of nitrogen functional groups attached to an aromatic ring is 1. The highest BCUT2D eigenvalue weighted by Crippen LogP contribution is 2.31. The van der Waals surface area contributed by atoms with E-state index in [1.54, 1.807) is 5.10 Å². The molecule has 218 valence electrons. The molecule has 1 aliphatic rings. The molecule has 1 aliphatic carbocycles. The third-order valence-corrected chi connectivity index (χ3v) is 6.55. The fraction of sp³-hybridized carbons (Fsp3) is 0.360. The highest BCUT2D eigenvalue weighted by Gasteiger charge is 2.36. The van der Waals surface area contributed by atoms with Gasteiger partial charge in [0, 0.05) is 18.9 Å². The number of rotatable bonds is 4. The van der Waals surface area contributed by atoms with Crippen LogP contribution in [0.25, 0.3) is 22.3 Å². The second-order valence-electron chi connectivity index (χ2n) is 9.35. The molecule has 0 atom stereocenters. The van der Waals surface area contributed by atoms with Crippen molar-refractivity contribution in [3.05, 3.63) is 74.7 Å². The van der Waals surface area contributed by atoms with Gasteiger partial charge in [0.05, 0.1) is 40.2 Å². The summed E-state index contributed by atoms with van der Waals surface area (Å²) in [5.74, 6) is -0.386. The molecule has 0 saturated heterocycles. The molecule has 1 aromatic carbocycles. The second kappa shape index (κ2) is 11.6. The lowest BCUT2D eigenvalue weighted by atomic mass is 10.0. The third-order valence-electron chi connectivity index (χ3n) is 6.55. The highest BCUT2D eigenvalue weighted by atomic mass is 19.4.